The van der Waals surface area contributed by atoms with Gasteiger partial charge in [-0.1, -0.05) is 24.3 Å². The predicted octanol–water partition coefficient (Wildman–Crippen LogP) is 4.87. The molecule has 0 saturated heterocycles. The third kappa shape index (κ3) is 4.27. The van der Waals surface area contributed by atoms with Crippen molar-refractivity contribution in [1.29, 1.82) is 0 Å². The molecule has 0 bridgehead atoms. The summed E-state index contributed by atoms with van der Waals surface area (Å²) in [4.78, 5) is 2.86. The lowest BCUT2D eigenvalue weighted by Crippen LogP contribution is -2.35. The van der Waals surface area contributed by atoms with Gasteiger partial charge in [-0.2, -0.15) is 11.3 Å². The van der Waals surface area contributed by atoms with Crippen molar-refractivity contribution in [3.05, 3.63) is 58.8 Å². The van der Waals surface area contributed by atoms with E-state index in [0.29, 0.717) is 11.3 Å². The Hall–Kier alpha value is -1.43. The minimum Gasteiger partial charge on any atom is -0.299 e. The van der Waals surface area contributed by atoms with Gasteiger partial charge in [0.25, 0.3) is 0 Å². The number of hydrogen-bond donors (Lipinski definition) is 0. The maximum atomic E-state index is 12.9. The minimum atomic E-state index is -3.32. The minimum absolute atomic E-state index is 0.422. The topological polar surface area (TPSA) is 37.4 Å². The van der Waals surface area contributed by atoms with E-state index in [2.05, 4.69) is 27.8 Å². The molecule has 2 heterocycles. The summed E-state index contributed by atoms with van der Waals surface area (Å²) < 4.78 is 25.1. The van der Waals surface area contributed by atoms with Crippen LogP contribution in [-0.2, 0) is 9.84 Å². The van der Waals surface area contributed by atoms with Crippen LogP contribution < -0.4 is 0 Å². The smallest absolute Gasteiger partial charge is 0.183 e. The normalized spacial score (nSPS) is 16.5. The van der Waals surface area contributed by atoms with Gasteiger partial charge in [-0.05, 0) is 79.8 Å². The van der Waals surface area contributed by atoms with Crippen molar-refractivity contribution < 1.29 is 8.42 Å². The van der Waals surface area contributed by atoms with Gasteiger partial charge in [0.1, 0.15) is 0 Å². The lowest BCUT2D eigenvalue weighted by Gasteiger charge is -2.29. The summed E-state index contributed by atoms with van der Waals surface area (Å²) >= 11 is 1.73. The van der Waals surface area contributed by atoms with Crippen LogP contribution >= 0.6 is 11.3 Å². The van der Waals surface area contributed by atoms with Crippen LogP contribution in [0.2, 0.25) is 0 Å². The van der Waals surface area contributed by atoms with Crippen LogP contribution in [0.5, 0.6) is 0 Å². The van der Waals surface area contributed by atoms with Crippen molar-refractivity contribution in [3.63, 3.8) is 0 Å². The zero-order valence-electron chi connectivity index (χ0n) is 15.5. The summed E-state index contributed by atoms with van der Waals surface area (Å²) in [5.41, 5.74) is 2.72. The molecule has 2 aromatic rings. The highest BCUT2D eigenvalue weighted by Gasteiger charge is 2.35. The summed E-state index contributed by atoms with van der Waals surface area (Å²) in [5.74, 6) is 0. The molecule has 0 amide bonds. The lowest BCUT2D eigenvalue weighted by atomic mass is 10.0. The van der Waals surface area contributed by atoms with E-state index in [1.807, 2.05) is 19.9 Å². The molecule has 0 unspecified atom stereocenters. The highest BCUT2D eigenvalue weighted by atomic mass is 32.2. The monoisotopic (exact) mass is 389 g/mol. The van der Waals surface area contributed by atoms with E-state index < -0.39 is 14.6 Å². The van der Waals surface area contributed by atoms with Crippen molar-refractivity contribution in [1.82, 2.24) is 4.90 Å². The molecule has 0 N–H and O–H groups in total. The van der Waals surface area contributed by atoms with E-state index in [1.54, 1.807) is 35.6 Å². The highest BCUT2D eigenvalue weighted by Crippen LogP contribution is 2.30. The van der Waals surface area contributed by atoms with Crippen LogP contribution in [0.1, 0.15) is 38.7 Å². The molecule has 1 aliphatic heterocycles. The summed E-state index contributed by atoms with van der Waals surface area (Å²) in [5, 5.41) is 4.32. The molecule has 1 aromatic carbocycles. The van der Waals surface area contributed by atoms with Gasteiger partial charge in [-0.25, -0.2) is 8.42 Å². The Balaban J connectivity index is 1.57. The first-order valence-electron chi connectivity index (χ1n) is 9.14. The number of rotatable bonds is 7. The summed E-state index contributed by atoms with van der Waals surface area (Å²) in [6, 6.07) is 11.0. The van der Waals surface area contributed by atoms with E-state index in [-0.39, 0.29) is 0 Å². The third-order valence-electron chi connectivity index (χ3n) is 5.16. The van der Waals surface area contributed by atoms with E-state index in [4.69, 9.17) is 0 Å². The fraction of sp³-hybridized carbons (Fsp3) is 0.429. The molecule has 1 aromatic heterocycles. The third-order valence-corrected chi connectivity index (χ3v) is 8.39. The van der Waals surface area contributed by atoms with Gasteiger partial charge in [-0.15, -0.1) is 0 Å². The summed E-state index contributed by atoms with van der Waals surface area (Å²) in [6.45, 7) is 6.65. The molecule has 26 heavy (non-hydrogen) atoms. The Morgan fingerprint density at radius 2 is 1.92 bits per heavy atom. The predicted molar refractivity (Wildman–Crippen MR) is 110 cm³/mol. The molecule has 5 heteroatoms. The summed E-state index contributed by atoms with van der Waals surface area (Å²) in [7, 11) is -3.32. The molecule has 0 radical (unpaired) electrons. The molecular formula is C21H27NO2S2. The van der Waals surface area contributed by atoms with Crippen LogP contribution in [0.3, 0.4) is 0 Å². The molecule has 1 aliphatic rings. The number of thiophene rings is 1. The van der Waals surface area contributed by atoms with Crippen molar-refractivity contribution in [3.8, 4) is 0 Å². The Morgan fingerprint density at radius 1 is 1.15 bits per heavy atom. The van der Waals surface area contributed by atoms with Crippen molar-refractivity contribution in [2.75, 3.05) is 19.6 Å². The standard InChI is InChI=1S/C21H27NO2S2/c1-21(2,26(23,24)20-9-4-3-5-10-20)12-7-14-22-13-6-8-18(16-22)19-11-15-25-17-19/h3-5,8-11,15,17H,6-7,12-14,16H2,1-2H3. The van der Waals surface area contributed by atoms with E-state index in [0.717, 1.165) is 32.5 Å². The molecule has 0 spiro atoms. The second-order valence-electron chi connectivity index (χ2n) is 7.49. The first kappa shape index (κ1) is 19.3. The zero-order valence-corrected chi connectivity index (χ0v) is 17.2. The molecule has 0 aliphatic carbocycles. The largest absolute Gasteiger partial charge is 0.299 e. The first-order valence-corrected chi connectivity index (χ1v) is 11.6. The van der Waals surface area contributed by atoms with Crippen molar-refractivity contribution >= 4 is 26.7 Å². The Bertz CT molecular complexity index is 837. The molecule has 0 fully saturated rings. The average Bonchev–Trinajstić information content (AvgIpc) is 3.17. The number of benzene rings is 1. The Labute approximate surface area is 161 Å². The van der Waals surface area contributed by atoms with Crippen LogP contribution in [0.25, 0.3) is 5.57 Å². The SMILES string of the molecule is CC(C)(CCCN1CCC=C(c2ccsc2)C1)S(=O)(=O)c1ccccc1. The molecular weight excluding hydrogens is 362 g/mol. The maximum Gasteiger partial charge on any atom is 0.183 e. The maximum absolute atomic E-state index is 12.9. The van der Waals surface area contributed by atoms with Crippen LogP contribution in [0.4, 0.5) is 0 Å². The Kier molecular flexibility index (Phi) is 6.00. The Morgan fingerprint density at radius 3 is 2.62 bits per heavy atom. The molecule has 3 rings (SSSR count). The second-order valence-corrected chi connectivity index (χ2v) is 10.8. The second kappa shape index (κ2) is 8.07. The van der Waals surface area contributed by atoms with Crippen LogP contribution in [-0.4, -0.2) is 37.7 Å². The van der Waals surface area contributed by atoms with Gasteiger partial charge in [0, 0.05) is 13.1 Å². The molecule has 0 saturated carbocycles. The summed E-state index contributed by atoms with van der Waals surface area (Å²) in [6.07, 6.45) is 4.95. The number of sulfone groups is 1. The lowest BCUT2D eigenvalue weighted by molar-refractivity contribution is 0.292. The van der Waals surface area contributed by atoms with Gasteiger partial charge < -0.3 is 0 Å². The highest BCUT2D eigenvalue weighted by molar-refractivity contribution is 7.92. The van der Waals surface area contributed by atoms with Crippen molar-refractivity contribution in [2.45, 2.75) is 42.8 Å². The average molecular weight is 390 g/mol. The number of nitrogens with zero attached hydrogens (tertiary/aromatic N) is 1. The van der Waals surface area contributed by atoms with E-state index in [9.17, 15) is 8.42 Å². The van der Waals surface area contributed by atoms with Gasteiger partial charge in [0.2, 0.25) is 0 Å². The van der Waals surface area contributed by atoms with Crippen LogP contribution in [0, 0.1) is 0 Å². The fourth-order valence-electron chi connectivity index (χ4n) is 3.43. The van der Waals surface area contributed by atoms with Crippen LogP contribution in [0.15, 0.2) is 58.1 Å². The molecule has 140 valence electrons. The zero-order chi connectivity index (χ0) is 18.6. The van der Waals surface area contributed by atoms with Crippen molar-refractivity contribution in [2.24, 2.45) is 0 Å². The molecule has 0 atom stereocenters. The van der Waals surface area contributed by atoms with E-state index in [1.165, 1.54) is 11.1 Å². The first-order chi connectivity index (χ1) is 12.4. The molecule has 3 nitrogen and oxygen atoms in total. The van der Waals surface area contributed by atoms with Gasteiger partial charge in [-0.3, -0.25) is 4.90 Å². The van der Waals surface area contributed by atoms with Gasteiger partial charge >= 0.3 is 0 Å². The van der Waals surface area contributed by atoms with E-state index >= 15 is 0 Å². The number of hydrogen-bond acceptors (Lipinski definition) is 4. The van der Waals surface area contributed by atoms with Gasteiger partial charge in [0.15, 0.2) is 9.84 Å². The quantitative estimate of drug-likeness (QED) is 0.678. The fourth-order valence-corrected chi connectivity index (χ4v) is 5.68. The van der Waals surface area contributed by atoms with Gasteiger partial charge in [0.05, 0.1) is 9.64 Å².